The summed E-state index contributed by atoms with van der Waals surface area (Å²) in [5.74, 6) is 0. The van der Waals surface area contributed by atoms with Gasteiger partial charge in [0.15, 0.2) is 0 Å². The van der Waals surface area contributed by atoms with Crippen LogP contribution in [0.4, 0.5) is 0 Å². The lowest BCUT2D eigenvalue weighted by Gasteiger charge is -2.29. The zero-order chi connectivity index (χ0) is 13.7. The summed E-state index contributed by atoms with van der Waals surface area (Å²) in [7, 11) is 0. The van der Waals surface area contributed by atoms with E-state index in [-0.39, 0.29) is 6.04 Å². The Bertz CT molecular complexity index is 416. The van der Waals surface area contributed by atoms with Gasteiger partial charge in [0.05, 0.1) is 6.10 Å². The van der Waals surface area contributed by atoms with Crippen LogP contribution in [0, 0.1) is 0 Å². The Morgan fingerprint density at radius 3 is 2.68 bits per heavy atom. The van der Waals surface area contributed by atoms with E-state index in [0.29, 0.717) is 6.54 Å². The SMILES string of the molecule is CC1=CCN(CC(O)C(N)Cc2ccccc2)CC1. The lowest BCUT2D eigenvalue weighted by atomic mass is 10.0. The van der Waals surface area contributed by atoms with Gasteiger partial charge in [0, 0.05) is 25.7 Å². The molecule has 3 heteroatoms. The minimum absolute atomic E-state index is 0.200. The maximum absolute atomic E-state index is 10.2. The van der Waals surface area contributed by atoms with Crippen LogP contribution in [0.5, 0.6) is 0 Å². The number of β-amino-alcohol motifs (C(OH)–C–C–N with tert-alkyl or cyclic N) is 1. The summed E-state index contributed by atoms with van der Waals surface area (Å²) in [6.45, 7) is 4.78. The molecule has 0 spiro atoms. The largest absolute Gasteiger partial charge is 0.390 e. The lowest BCUT2D eigenvalue weighted by Crippen LogP contribution is -2.45. The molecular weight excluding hydrogens is 236 g/mol. The van der Waals surface area contributed by atoms with Crippen molar-refractivity contribution in [3.8, 4) is 0 Å². The van der Waals surface area contributed by atoms with Crippen molar-refractivity contribution >= 4 is 0 Å². The fourth-order valence-corrected chi connectivity index (χ4v) is 2.40. The highest BCUT2D eigenvalue weighted by Crippen LogP contribution is 2.11. The first-order valence-electron chi connectivity index (χ1n) is 7.00. The van der Waals surface area contributed by atoms with Gasteiger partial charge >= 0.3 is 0 Å². The van der Waals surface area contributed by atoms with Crippen molar-refractivity contribution in [1.82, 2.24) is 4.90 Å². The van der Waals surface area contributed by atoms with Gasteiger partial charge in [0.2, 0.25) is 0 Å². The standard InChI is InChI=1S/C16H24N2O/c1-13-7-9-18(10-8-13)12-16(19)15(17)11-14-5-3-2-4-6-14/h2-7,15-16,19H,8-12,17H2,1H3. The molecule has 0 amide bonds. The van der Waals surface area contributed by atoms with E-state index in [4.69, 9.17) is 5.73 Å². The molecule has 0 saturated heterocycles. The van der Waals surface area contributed by atoms with Gasteiger partial charge in [0.25, 0.3) is 0 Å². The normalized spacial score (nSPS) is 19.8. The molecule has 2 atom stereocenters. The highest BCUT2D eigenvalue weighted by molar-refractivity contribution is 5.16. The van der Waals surface area contributed by atoms with Crippen LogP contribution >= 0.6 is 0 Å². The van der Waals surface area contributed by atoms with E-state index in [1.807, 2.05) is 18.2 Å². The molecule has 0 saturated carbocycles. The number of hydrogen-bond acceptors (Lipinski definition) is 3. The summed E-state index contributed by atoms with van der Waals surface area (Å²) >= 11 is 0. The van der Waals surface area contributed by atoms with Crippen LogP contribution in [0.25, 0.3) is 0 Å². The van der Waals surface area contributed by atoms with Crippen molar-refractivity contribution < 1.29 is 5.11 Å². The molecule has 0 aromatic heterocycles. The summed E-state index contributed by atoms with van der Waals surface area (Å²) in [5.41, 5.74) is 8.73. The molecule has 3 nitrogen and oxygen atoms in total. The van der Waals surface area contributed by atoms with Crippen LogP contribution in [0.15, 0.2) is 42.0 Å². The van der Waals surface area contributed by atoms with Crippen molar-refractivity contribution in [2.45, 2.75) is 31.9 Å². The fourth-order valence-electron chi connectivity index (χ4n) is 2.40. The molecule has 3 N–H and O–H groups in total. The van der Waals surface area contributed by atoms with E-state index in [9.17, 15) is 5.11 Å². The zero-order valence-corrected chi connectivity index (χ0v) is 11.6. The first kappa shape index (κ1) is 14.3. The van der Waals surface area contributed by atoms with E-state index in [1.54, 1.807) is 0 Å². The third-order valence-electron chi connectivity index (χ3n) is 3.77. The molecule has 0 bridgehead atoms. The maximum Gasteiger partial charge on any atom is 0.0821 e. The van der Waals surface area contributed by atoms with Gasteiger partial charge < -0.3 is 10.8 Å². The summed E-state index contributed by atoms with van der Waals surface area (Å²) in [4.78, 5) is 2.27. The molecule has 1 aliphatic heterocycles. The topological polar surface area (TPSA) is 49.5 Å². The summed E-state index contributed by atoms with van der Waals surface area (Å²) in [6.07, 6.45) is 3.59. The minimum atomic E-state index is -0.466. The first-order chi connectivity index (χ1) is 9.15. The van der Waals surface area contributed by atoms with Crippen molar-refractivity contribution in [3.63, 3.8) is 0 Å². The van der Waals surface area contributed by atoms with Crippen LogP contribution in [-0.4, -0.2) is 41.8 Å². The molecule has 104 valence electrons. The number of aliphatic hydroxyl groups is 1. The average Bonchev–Trinajstić information content (AvgIpc) is 2.42. The second kappa shape index (κ2) is 6.85. The van der Waals surface area contributed by atoms with Crippen molar-refractivity contribution in [1.29, 1.82) is 0 Å². The van der Waals surface area contributed by atoms with E-state index < -0.39 is 6.10 Å². The number of benzene rings is 1. The number of rotatable bonds is 5. The van der Waals surface area contributed by atoms with Gasteiger partial charge in [-0.1, -0.05) is 42.0 Å². The quantitative estimate of drug-likeness (QED) is 0.790. The Kier molecular flexibility index (Phi) is 5.14. The van der Waals surface area contributed by atoms with E-state index in [2.05, 4.69) is 30.0 Å². The van der Waals surface area contributed by atoms with Crippen LogP contribution in [-0.2, 0) is 6.42 Å². The Morgan fingerprint density at radius 2 is 2.05 bits per heavy atom. The molecule has 0 aliphatic carbocycles. The molecular formula is C16H24N2O. The lowest BCUT2D eigenvalue weighted by molar-refractivity contribution is 0.0944. The van der Waals surface area contributed by atoms with Crippen molar-refractivity contribution in [2.75, 3.05) is 19.6 Å². The Hall–Kier alpha value is -1.16. The summed E-state index contributed by atoms with van der Waals surface area (Å²) in [6, 6.07) is 9.92. The van der Waals surface area contributed by atoms with Crippen LogP contribution in [0.1, 0.15) is 18.9 Å². The molecule has 2 rings (SSSR count). The van der Waals surface area contributed by atoms with Gasteiger partial charge in [-0.15, -0.1) is 0 Å². The molecule has 1 aliphatic rings. The van der Waals surface area contributed by atoms with E-state index in [0.717, 1.165) is 25.9 Å². The highest BCUT2D eigenvalue weighted by atomic mass is 16.3. The van der Waals surface area contributed by atoms with Crippen molar-refractivity contribution in [2.24, 2.45) is 5.73 Å². The van der Waals surface area contributed by atoms with E-state index in [1.165, 1.54) is 11.1 Å². The minimum Gasteiger partial charge on any atom is -0.390 e. The van der Waals surface area contributed by atoms with Gasteiger partial charge in [-0.05, 0) is 25.3 Å². The Labute approximate surface area is 115 Å². The van der Waals surface area contributed by atoms with Crippen LogP contribution < -0.4 is 5.73 Å². The average molecular weight is 260 g/mol. The Balaban J connectivity index is 1.81. The number of nitrogens with two attached hydrogens (primary N) is 1. The molecule has 1 aromatic rings. The maximum atomic E-state index is 10.2. The fraction of sp³-hybridized carbons (Fsp3) is 0.500. The van der Waals surface area contributed by atoms with Gasteiger partial charge in [-0.25, -0.2) is 0 Å². The monoisotopic (exact) mass is 260 g/mol. The summed E-state index contributed by atoms with van der Waals surface area (Å²) < 4.78 is 0. The predicted molar refractivity (Wildman–Crippen MR) is 78.9 cm³/mol. The summed E-state index contributed by atoms with van der Waals surface area (Å²) in [5, 5.41) is 10.2. The van der Waals surface area contributed by atoms with Gasteiger partial charge in [0.1, 0.15) is 0 Å². The molecule has 19 heavy (non-hydrogen) atoms. The number of nitrogens with zero attached hydrogens (tertiary/aromatic N) is 1. The van der Waals surface area contributed by atoms with Gasteiger partial charge in [-0.3, -0.25) is 4.90 Å². The Morgan fingerprint density at radius 1 is 1.32 bits per heavy atom. The highest BCUT2D eigenvalue weighted by Gasteiger charge is 2.19. The first-order valence-corrected chi connectivity index (χ1v) is 7.00. The number of hydrogen-bond donors (Lipinski definition) is 2. The smallest absolute Gasteiger partial charge is 0.0821 e. The van der Waals surface area contributed by atoms with E-state index >= 15 is 0 Å². The molecule has 0 radical (unpaired) electrons. The molecule has 0 fully saturated rings. The van der Waals surface area contributed by atoms with Crippen LogP contribution in [0.2, 0.25) is 0 Å². The number of aliphatic hydroxyl groups excluding tert-OH is 1. The third kappa shape index (κ3) is 4.46. The second-order valence-electron chi connectivity index (χ2n) is 5.48. The van der Waals surface area contributed by atoms with Crippen LogP contribution in [0.3, 0.4) is 0 Å². The molecule has 1 heterocycles. The predicted octanol–water partition coefficient (Wildman–Crippen LogP) is 1.57. The third-order valence-corrected chi connectivity index (χ3v) is 3.77. The van der Waals surface area contributed by atoms with Gasteiger partial charge in [-0.2, -0.15) is 0 Å². The molecule has 2 unspecified atom stereocenters. The molecule has 1 aromatic carbocycles. The second-order valence-corrected chi connectivity index (χ2v) is 5.48. The zero-order valence-electron chi connectivity index (χ0n) is 11.6. The van der Waals surface area contributed by atoms with Crippen molar-refractivity contribution in [3.05, 3.63) is 47.5 Å².